The van der Waals surface area contributed by atoms with Gasteiger partial charge < -0.3 is 19.9 Å². The molecule has 1 aliphatic heterocycles. The third-order valence-corrected chi connectivity index (χ3v) is 7.86. The zero-order valence-corrected chi connectivity index (χ0v) is 23.5. The summed E-state index contributed by atoms with van der Waals surface area (Å²) in [6.07, 6.45) is 8.97. The maximum atomic E-state index is 13.4. The Bertz CT molecular complexity index is 1440. The van der Waals surface area contributed by atoms with Crippen LogP contribution in [0.25, 0.3) is 11.0 Å². The number of anilines is 3. The second-order valence-electron chi connectivity index (χ2n) is 10.6. The fourth-order valence-electron chi connectivity index (χ4n) is 5.61. The number of fused-ring (bicyclic) bond motifs is 1. The van der Waals surface area contributed by atoms with Crippen molar-refractivity contribution in [1.82, 2.24) is 24.4 Å². The number of amides is 1. The van der Waals surface area contributed by atoms with E-state index in [2.05, 4.69) is 27.1 Å². The maximum Gasteiger partial charge on any atom is 0.409 e. The van der Waals surface area contributed by atoms with Gasteiger partial charge in [0.25, 0.3) is 5.56 Å². The third-order valence-electron chi connectivity index (χ3n) is 7.86. The van der Waals surface area contributed by atoms with Crippen molar-refractivity contribution < 1.29 is 14.3 Å². The molecule has 1 saturated heterocycles. The Kier molecular flexibility index (Phi) is 8.27. The molecule has 1 amide bonds. The van der Waals surface area contributed by atoms with E-state index in [-0.39, 0.29) is 29.0 Å². The Balaban J connectivity index is 1.31. The fraction of sp³-hybridized carbons (Fsp3) is 0.517. The first-order chi connectivity index (χ1) is 19.4. The van der Waals surface area contributed by atoms with Gasteiger partial charge in [0.05, 0.1) is 24.1 Å². The molecule has 11 heteroatoms. The lowest BCUT2D eigenvalue weighted by atomic mass is 10.0. The number of nitrogens with zero attached hydrogens (tertiary/aromatic N) is 6. The lowest BCUT2D eigenvalue weighted by Crippen LogP contribution is -2.49. The van der Waals surface area contributed by atoms with Gasteiger partial charge in [-0.3, -0.25) is 14.2 Å². The van der Waals surface area contributed by atoms with Crippen molar-refractivity contribution in [3.05, 3.63) is 46.0 Å². The van der Waals surface area contributed by atoms with Crippen molar-refractivity contribution in [2.75, 3.05) is 43.0 Å². The van der Waals surface area contributed by atoms with Gasteiger partial charge in [-0.25, -0.2) is 14.8 Å². The van der Waals surface area contributed by atoms with Crippen LogP contribution in [-0.4, -0.2) is 69.1 Å². The molecular formula is C29H37N7O4. The number of rotatable bonds is 8. The number of aryl methyl sites for hydroxylation is 1. The van der Waals surface area contributed by atoms with E-state index < -0.39 is 0 Å². The minimum atomic E-state index is -0.272. The van der Waals surface area contributed by atoms with Gasteiger partial charge in [0.1, 0.15) is 11.5 Å². The minimum absolute atomic E-state index is 0.0209. The number of hydrogen-bond acceptors (Lipinski definition) is 9. The van der Waals surface area contributed by atoms with Gasteiger partial charge in [-0.1, -0.05) is 26.2 Å². The number of Topliss-reactive ketones (excluding diaryl/α,β-unsaturated/α-hetero) is 1. The smallest absolute Gasteiger partial charge is 0.409 e. The van der Waals surface area contributed by atoms with Crippen molar-refractivity contribution in [3.63, 3.8) is 0 Å². The summed E-state index contributed by atoms with van der Waals surface area (Å²) in [5, 5.41) is 3.87. The number of carbonyl (C=O) groups is 2. The van der Waals surface area contributed by atoms with Crippen LogP contribution in [0.15, 0.2) is 29.3 Å². The molecule has 0 radical (unpaired) electrons. The van der Waals surface area contributed by atoms with Crippen LogP contribution in [-0.2, 0) is 4.74 Å². The summed E-state index contributed by atoms with van der Waals surface area (Å²) in [4.78, 5) is 55.7. The molecule has 212 valence electrons. The molecule has 3 aromatic heterocycles. The van der Waals surface area contributed by atoms with E-state index >= 15 is 0 Å². The standard InChI is InChI=1S/C29H37N7O4/c1-4-5-16-40-29(39)35-14-12-34(13-15-35)22-10-11-24(30-17-22)32-28-31-18-23-19(2)25(20(3)37)27(38)36(26(23)33-28)21-8-6-7-9-21/h10-11,17-18,21H,4-9,12-16H2,1-3H3,(H,30,31,32,33). The second-order valence-corrected chi connectivity index (χ2v) is 10.6. The van der Waals surface area contributed by atoms with Gasteiger partial charge in [-0.15, -0.1) is 0 Å². The lowest BCUT2D eigenvalue weighted by Gasteiger charge is -2.35. The van der Waals surface area contributed by atoms with Crippen molar-refractivity contribution >= 4 is 40.4 Å². The predicted octanol–water partition coefficient (Wildman–Crippen LogP) is 4.61. The molecule has 0 atom stereocenters. The van der Waals surface area contributed by atoms with Crippen molar-refractivity contribution in [2.24, 2.45) is 0 Å². The molecule has 0 bridgehead atoms. The van der Waals surface area contributed by atoms with E-state index in [9.17, 15) is 14.4 Å². The highest BCUT2D eigenvalue weighted by Crippen LogP contribution is 2.32. The van der Waals surface area contributed by atoms with E-state index in [4.69, 9.17) is 9.72 Å². The van der Waals surface area contributed by atoms with E-state index in [1.807, 2.05) is 12.1 Å². The third kappa shape index (κ3) is 5.64. The van der Waals surface area contributed by atoms with Crippen molar-refractivity contribution in [1.29, 1.82) is 0 Å². The molecule has 1 aliphatic carbocycles. The zero-order valence-electron chi connectivity index (χ0n) is 23.5. The maximum absolute atomic E-state index is 13.4. The van der Waals surface area contributed by atoms with Crippen LogP contribution >= 0.6 is 0 Å². The molecule has 4 heterocycles. The average molecular weight is 548 g/mol. The minimum Gasteiger partial charge on any atom is -0.449 e. The number of hydrogen-bond donors (Lipinski definition) is 1. The van der Waals surface area contributed by atoms with Crippen LogP contribution in [0, 0.1) is 6.92 Å². The first kappa shape index (κ1) is 27.5. The number of nitrogens with one attached hydrogen (secondary N) is 1. The molecule has 5 rings (SSSR count). The van der Waals surface area contributed by atoms with Crippen LogP contribution in [0.5, 0.6) is 0 Å². The SMILES string of the molecule is CCCCOC(=O)N1CCN(c2ccc(Nc3ncc4c(C)c(C(C)=O)c(=O)n(C5CCCC5)c4n3)nc2)CC1. The molecule has 3 aromatic rings. The Hall–Kier alpha value is -4.02. The Labute approximate surface area is 233 Å². The van der Waals surface area contributed by atoms with Gasteiger partial charge >= 0.3 is 6.09 Å². The largest absolute Gasteiger partial charge is 0.449 e. The number of carbonyl (C=O) groups excluding carboxylic acids is 2. The number of ether oxygens (including phenoxy) is 1. The number of ketones is 1. The molecule has 0 unspecified atom stereocenters. The van der Waals surface area contributed by atoms with E-state index in [0.717, 1.165) is 44.2 Å². The number of aromatic nitrogens is 4. The highest BCUT2D eigenvalue weighted by molar-refractivity contribution is 5.99. The summed E-state index contributed by atoms with van der Waals surface area (Å²) in [5.74, 6) is 0.674. The number of piperazine rings is 1. The Morgan fingerprint density at radius 3 is 2.48 bits per heavy atom. The Morgan fingerprint density at radius 2 is 1.82 bits per heavy atom. The summed E-state index contributed by atoms with van der Waals surface area (Å²) in [5.41, 5.74) is 2.07. The second kappa shape index (κ2) is 12.0. The number of pyridine rings is 2. The predicted molar refractivity (Wildman–Crippen MR) is 154 cm³/mol. The van der Waals surface area contributed by atoms with Gasteiger partial charge in [0, 0.05) is 43.8 Å². The molecule has 2 aliphatic rings. The van der Waals surface area contributed by atoms with Crippen LogP contribution in [0.1, 0.15) is 74.3 Å². The first-order valence-corrected chi connectivity index (χ1v) is 14.2. The monoisotopic (exact) mass is 547 g/mol. The van der Waals surface area contributed by atoms with Crippen LogP contribution in [0.4, 0.5) is 22.2 Å². The first-order valence-electron chi connectivity index (χ1n) is 14.2. The summed E-state index contributed by atoms with van der Waals surface area (Å²) in [7, 11) is 0. The fourth-order valence-corrected chi connectivity index (χ4v) is 5.61. The van der Waals surface area contributed by atoms with E-state index in [1.165, 1.54) is 6.92 Å². The Morgan fingerprint density at radius 1 is 1.07 bits per heavy atom. The molecule has 11 nitrogen and oxygen atoms in total. The molecule has 1 N–H and O–H groups in total. The molecule has 0 aromatic carbocycles. The zero-order chi connectivity index (χ0) is 28.2. The summed E-state index contributed by atoms with van der Waals surface area (Å²) >= 11 is 0. The van der Waals surface area contributed by atoms with Crippen LogP contribution in [0.2, 0.25) is 0 Å². The topological polar surface area (TPSA) is 123 Å². The summed E-state index contributed by atoms with van der Waals surface area (Å²) in [6, 6.07) is 3.86. The summed E-state index contributed by atoms with van der Waals surface area (Å²) < 4.78 is 7.03. The molecule has 2 fully saturated rings. The van der Waals surface area contributed by atoms with E-state index in [0.29, 0.717) is 61.1 Å². The van der Waals surface area contributed by atoms with Gasteiger partial charge in [-0.2, -0.15) is 4.98 Å². The molecule has 0 spiro atoms. The van der Waals surface area contributed by atoms with Crippen LogP contribution < -0.4 is 15.8 Å². The van der Waals surface area contributed by atoms with Crippen molar-refractivity contribution in [3.8, 4) is 0 Å². The normalized spacial score (nSPS) is 16.0. The van der Waals surface area contributed by atoms with Gasteiger partial charge in [-0.05, 0) is 50.8 Å². The van der Waals surface area contributed by atoms with Crippen molar-refractivity contribution in [2.45, 2.75) is 65.3 Å². The average Bonchev–Trinajstić information content (AvgIpc) is 3.48. The van der Waals surface area contributed by atoms with E-state index in [1.54, 1.807) is 28.8 Å². The number of unbranched alkanes of at least 4 members (excludes halogenated alkanes) is 1. The molecule has 1 saturated carbocycles. The molecular weight excluding hydrogens is 510 g/mol. The lowest BCUT2D eigenvalue weighted by molar-refractivity contribution is 0.0987. The highest BCUT2D eigenvalue weighted by atomic mass is 16.6. The quantitative estimate of drug-likeness (QED) is 0.318. The summed E-state index contributed by atoms with van der Waals surface area (Å²) in [6.45, 7) is 8.35. The highest BCUT2D eigenvalue weighted by Gasteiger charge is 2.26. The van der Waals surface area contributed by atoms with Gasteiger partial charge in [0.15, 0.2) is 5.78 Å². The van der Waals surface area contributed by atoms with Gasteiger partial charge in [0.2, 0.25) is 5.95 Å². The van der Waals surface area contributed by atoms with Crippen LogP contribution in [0.3, 0.4) is 0 Å². The molecule has 40 heavy (non-hydrogen) atoms.